The smallest absolute Gasteiger partial charge is 0.282 e. The summed E-state index contributed by atoms with van der Waals surface area (Å²) >= 11 is 9.70. The molecule has 0 aliphatic carbocycles. The molecule has 4 rings (SSSR count). The van der Waals surface area contributed by atoms with E-state index in [0.717, 1.165) is 10.0 Å². The van der Waals surface area contributed by atoms with Crippen molar-refractivity contribution < 1.29 is 9.53 Å². The molecular weight excluding hydrogens is 520 g/mol. The van der Waals surface area contributed by atoms with Gasteiger partial charge in [0.2, 0.25) is 0 Å². The van der Waals surface area contributed by atoms with Gasteiger partial charge in [0.05, 0.1) is 22.1 Å². The van der Waals surface area contributed by atoms with Gasteiger partial charge in [-0.1, -0.05) is 45.2 Å². The van der Waals surface area contributed by atoms with Gasteiger partial charge in [0.25, 0.3) is 11.5 Å². The summed E-state index contributed by atoms with van der Waals surface area (Å²) in [6, 6.07) is 17.8. The predicted molar refractivity (Wildman–Crippen MR) is 138 cm³/mol. The number of anilines is 1. The van der Waals surface area contributed by atoms with Crippen molar-refractivity contribution in [1.82, 2.24) is 9.66 Å². The number of benzene rings is 3. The van der Waals surface area contributed by atoms with Crippen molar-refractivity contribution in [3.63, 3.8) is 0 Å². The maximum Gasteiger partial charge on any atom is 0.282 e. The van der Waals surface area contributed by atoms with E-state index >= 15 is 0 Å². The second-order valence-electron chi connectivity index (χ2n) is 7.57. The molecule has 0 radical (unpaired) electrons. The maximum absolute atomic E-state index is 12.8. The van der Waals surface area contributed by atoms with Crippen LogP contribution in [0.5, 0.6) is 5.75 Å². The SMILES string of the molecule is Cc1ccc(NC(=O)COc2ccc(C=Nn3c(C)nc4ccc(Br)cc4c3=O)cc2Cl)cc1. The van der Waals surface area contributed by atoms with Crippen LogP contribution in [0.25, 0.3) is 10.9 Å². The molecule has 9 heteroatoms. The van der Waals surface area contributed by atoms with Crippen molar-refractivity contribution in [2.24, 2.45) is 5.10 Å². The quantitative estimate of drug-likeness (QED) is 0.336. The molecule has 0 saturated carbocycles. The zero-order chi connectivity index (χ0) is 24.2. The number of fused-ring (bicyclic) bond motifs is 1. The van der Waals surface area contributed by atoms with Crippen LogP contribution >= 0.6 is 27.5 Å². The fourth-order valence-electron chi connectivity index (χ4n) is 3.21. The monoisotopic (exact) mass is 538 g/mol. The first-order valence-corrected chi connectivity index (χ1v) is 11.5. The summed E-state index contributed by atoms with van der Waals surface area (Å²) in [6.45, 7) is 3.50. The van der Waals surface area contributed by atoms with E-state index in [1.807, 2.05) is 37.3 Å². The van der Waals surface area contributed by atoms with Gasteiger partial charge in [-0.3, -0.25) is 9.59 Å². The van der Waals surface area contributed by atoms with Crippen molar-refractivity contribution in [3.8, 4) is 5.75 Å². The van der Waals surface area contributed by atoms with Crippen LogP contribution in [0.2, 0.25) is 5.02 Å². The van der Waals surface area contributed by atoms with E-state index < -0.39 is 0 Å². The van der Waals surface area contributed by atoms with Crippen molar-refractivity contribution >= 4 is 56.2 Å². The molecule has 1 amide bonds. The molecule has 0 atom stereocenters. The second kappa shape index (κ2) is 10.2. The second-order valence-corrected chi connectivity index (χ2v) is 8.90. The van der Waals surface area contributed by atoms with Crippen molar-refractivity contribution in [3.05, 3.63) is 97.5 Å². The molecule has 172 valence electrons. The minimum Gasteiger partial charge on any atom is -0.482 e. The van der Waals surface area contributed by atoms with Gasteiger partial charge in [-0.2, -0.15) is 9.78 Å². The number of nitrogens with one attached hydrogen (secondary N) is 1. The number of aryl methyl sites for hydroxylation is 2. The number of hydrogen-bond acceptors (Lipinski definition) is 5. The lowest BCUT2D eigenvalue weighted by molar-refractivity contribution is -0.118. The third kappa shape index (κ3) is 5.52. The largest absolute Gasteiger partial charge is 0.482 e. The van der Waals surface area contributed by atoms with E-state index in [2.05, 4.69) is 31.3 Å². The molecule has 0 unspecified atom stereocenters. The highest BCUT2D eigenvalue weighted by Crippen LogP contribution is 2.25. The van der Waals surface area contributed by atoms with E-state index in [1.165, 1.54) is 10.9 Å². The Morgan fingerprint density at radius 1 is 1.15 bits per heavy atom. The zero-order valence-corrected chi connectivity index (χ0v) is 20.7. The molecule has 7 nitrogen and oxygen atoms in total. The molecule has 0 aliphatic rings. The van der Waals surface area contributed by atoms with Crippen molar-refractivity contribution in [2.75, 3.05) is 11.9 Å². The number of ether oxygens (including phenoxy) is 1. The Morgan fingerprint density at radius 2 is 1.91 bits per heavy atom. The van der Waals surface area contributed by atoms with Crippen LogP contribution in [0.4, 0.5) is 5.69 Å². The summed E-state index contributed by atoms with van der Waals surface area (Å²) < 4.78 is 7.58. The Kier molecular flexibility index (Phi) is 7.09. The molecule has 0 spiro atoms. The molecule has 0 bridgehead atoms. The van der Waals surface area contributed by atoms with Gasteiger partial charge in [-0.15, -0.1) is 0 Å². The number of carbonyl (C=O) groups is 1. The number of carbonyl (C=O) groups excluding carboxylic acids is 1. The van der Waals surface area contributed by atoms with E-state index in [-0.39, 0.29) is 18.1 Å². The van der Waals surface area contributed by atoms with Crippen LogP contribution in [0.15, 0.2) is 75.0 Å². The summed E-state index contributed by atoms with van der Waals surface area (Å²) in [4.78, 5) is 29.4. The lowest BCUT2D eigenvalue weighted by Gasteiger charge is -2.09. The molecule has 1 heterocycles. The Balaban J connectivity index is 1.45. The third-order valence-corrected chi connectivity index (χ3v) is 5.73. The number of hydrogen-bond donors (Lipinski definition) is 1. The molecule has 0 saturated heterocycles. The van der Waals surface area contributed by atoms with Crippen LogP contribution in [-0.2, 0) is 4.79 Å². The molecule has 1 N–H and O–H groups in total. The molecule has 0 fully saturated rings. The highest BCUT2D eigenvalue weighted by atomic mass is 79.9. The van der Waals surface area contributed by atoms with Gasteiger partial charge in [0, 0.05) is 10.2 Å². The minimum atomic E-state index is -0.296. The standard InChI is InChI=1S/C25H20BrClN4O3/c1-15-3-7-19(8-4-15)30-24(32)14-34-23-10-5-17(11-21(23)27)13-28-31-16(2)29-22-9-6-18(26)12-20(22)25(31)33/h3-13H,14H2,1-2H3,(H,30,32). The van der Waals surface area contributed by atoms with Gasteiger partial charge in [0.15, 0.2) is 6.61 Å². The van der Waals surface area contributed by atoms with Gasteiger partial charge in [-0.25, -0.2) is 4.98 Å². The van der Waals surface area contributed by atoms with Gasteiger partial charge >= 0.3 is 0 Å². The van der Waals surface area contributed by atoms with Gasteiger partial charge in [0.1, 0.15) is 11.6 Å². The normalized spacial score (nSPS) is 11.2. The minimum absolute atomic E-state index is 0.187. The fourth-order valence-corrected chi connectivity index (χ4v) is 3.82. The molecule has 0 aliphatic heterocycles. The molecule has 3 aromatic carbocycles. The van der Waals surface area contributed by atoms with Crippen molar-refractivity contribution in [1.29, 1.82) is 0 Å². The van der Waals surface area contributed by atoms with Crippen LogP contribution < -0.4 is 15.6 Å². The highest BCUT2D eigenvalue weighted by molar-refractivity contribution is 9.10. The van der Waals surface area contributed by atoms with Crippen LogP contribution in [-0.4, -0.2) is 28.4 Å². The van der Waals surface area contributed by atoms with Gasteiger partial charge in [-0.05, 0) is 67.9 Å². The van der Waals surface area contributed by atoms with E-state index in [0.29, 0.717) is 38.8 Å². The van der Waals surface area contributed by atoms with Crippen LogP contribution in [0.1, 0.15) is 17.0 Å². The average molecular weight is 540 g/mol. The number of aromatic nitrogens is 2. The molecule has 1 aromatic heterocycles. The lowest BCUT2D eigenvalue weighted by Crippen LogP contribution is -2.20. The number of halogens is 2. The Bertz CT molecular complexity index is 1470. The molecule has 34 heavy (non-hydrogen) atoms. The number of amides is 1. The van der Waals surface area contributed by atoms with Crippen LogP contribution in [0.3, 0.4) is 0 Å². The first kappa shape index (κ1) is 23.7. The Labute approximate surface area is 209 Å². The van der Waals surface area contributed by atoms with E-state index in [1.54, 1.807) is 37.3 Å². The topological polar surface area (TPSA) is 85.6 Å². The average Bonchev–Trinajstić information content (AvgIpc) is 2.80. The number of rotatable bonds is 6. The summed E-state index contributed by atoms with van der Waals surface area (Å²) in [6.07, 6.45) is 1.51. The highest BCUT2D eigenvalue weighted by Gasteiger charge is 2.09. The Hall–Kier alpha value is -3.49. The van der Waals surface area contributed by atoms with Crippen molar-refractivity contribution in [2.45, 2.75) is 13.8 Å². The van der Waals surface area contributed by atoms with E-state index in [4.69, 9.17) is 16.3 Å². The maximum atomic E-state index is 12.8. The summed E-state index contributed by atoms with van der Waals surface area (Å²) in [5, 5.41) is 7.83. The van der Waals surface area contributed by atoms with E-state index in [9.17, 15) is 9.59 Å². The molecule has 4 aromatic rings. The predicted octanol–water partition coefficient (Wildman–Crippen LogP) is 5.33. The lowest BCUT2D eigenvalue weighted by atomic mass is 10.2. The van der Waals surface area contributed by atoms with Gasteiger partial charge < -0.3 is 10.1 Å². The third-order valence-electron chi connectivity index (χ3n) is 4.94. The summed E-state index contributed by atoms with van der Waals surface area (Å²) in [5.41, 5.74) is 2.79. The first-order valence-electron chi connectivity index (χ1n) is 10.3. The zero-order valence-electron chi connectivity index (χ0n) is 18.4. The summed E-state index contributed by atoms with van der Waals surface area (Å²) in [7, 11) is 0. The summed E-state index contributed by atoms with van der Waals surface area (Å²) in [5.74, 6) is 0.529. The molecular formula is C25H20BrClN4O3. The first-order chi connectivity index (χ1) is 16.3. The number of nitrogens with zero attached hydrogens (tertiary/aromatic N) is 3. The fraction of sp³-hybridized carbons (Fsp3) is 0.120. The van der Waals surface area contributed by atoms with Crippen LogP contribution in [0, 0.1) is 13.8 Å². The Morgan fingerprint density at radius 3 is 2.65 bits per heavy atom.